The van der Waals surface area contributed by atoms with Crippen LogP contribution in [0.4, 0.5) is 10.1 Å². The van der Waals surface area contributed by atoms with E-state index in [9.17, 15) is 14.0 Å². The number of nitrogens with one attached hydrogen (secondary N) is 1. The van der Waals surface area contributed by atoms with Gasteiger partial charge in [-0.3, -0.25) is 9.59 Å². The Labute approximate surface area is 135 Å². The lowest BCUT2D eigenvalue weighted by atomic mass is 9.99. The molecule has 0 aliphatic heterocycles. The van der Waals surface area contributed by atoms with Crippen LogP contribution in [0.3, 0.4) is 0 Å². The highest BCUT2D eigenvalue weighted by atomic mass is 35.5. The summed E-state index contributed by atoms with van der Waals surface area (Å²) in [6.07, 6.45) is 0.0132. The Morgan fingerprint density at radius 1 is 1.41 bits per heavy atom. The summed E-state index contributed by atoms with van der Waals surface area (Å²) in [4.78, 5) is 24.1. The van der Waals surface area contributed by atoms with Crippen LogP contribution in [0.1, 0.15) is 5.56 Å². The number of hydrogen-bond donors (Lipinski definition) is 1. The molecule has 0 fully saturated rings. The largest absolute Gasteiger partial charge is 0.324 e. The van der Waals surface area contributed by atoms with Crippen LogP contribution in [0.15, 0.2) is 35.0 Å². The van der Waals surface area contributed by atoms with Crippen molar-refractivity contribution in [3.63, 3.8) is 0 Å². The average Bonchev–Trinajstić information content (AvgIpc) is 2.96. The van der Waals surface area contributed by atoms with Gasteiger partial charge in [-0.1, -0.05) is 11.6 Å². The van der Waals surface area contributed by atoms with Gasteiger partial charge in [0.05, 0.1) is 11.1 Å². The number of carbonyl (C=O) groups excluding carboxylic acids is 2. The molecule has 2 rings (SSSR count). The minimum atomic E-state index is -1.43. The van der Waals surface area contributed by atoms with Gasteiger partial charge >= 0.3 is 0 Å². The van der Waals surface area contributed by atoms with Crippen LogP contribution in [0.2, 0.25) is 5.02 Å². The molecular weight excluding hydrogens is 327 g/mol. The summed E-state index contributed by atoms with van der Waals surface area (Å²) >= 11 is 7.04. The van der Waals surface area contributed by atoms with Crippen molar-refractivity contribution in [2.75, 3.05) is 5.32 Å². The molecule has 22 heavy (non-hydrogen) atoms. The Bertz CT molecular complexity index is 740. The Kier molecular flexibility index (Phi) is 5.26. The normalized spacial score (nSPS) is 11.5. The monoisotopic (exact) mass is 336 g/mol. The topological polar surface area (TPSA) is 70.0 Å². The first kappa shape index (κ1) is 16.1. The predicted octanol–water partition coefficient (Wildman–Crippen LogP) is 3.43. The van der Waals surface area contributed by atoms with Crippen molar-refractivity contribution in [1.82, 2.24) is 0 Å². The van der Waals surface area contributed by atoms with E-state index in [-0.39, 0.29) is 17.1 Å². The van der Waals surface area contributed by atoms with Crippen molar-refractivity contribution in [2.24, 2.45) is 5.92 Å². The van der Waals surface area contributed by atoms with Gasteiger partial charge in [0.1, 0.15) is 5.82 Å². The molecule has 1 aromatic heterocycles. The number of carbonyl (C=O) groups is 2. The van der Waals surface area contributed by atoms with Crippen LogP contribution >= 0.6 is 22.9 Å². The molecule has 1 amide bonds. The molecule has 1 N–H and O–H groups in total. The predicted molar refractivity (Wildman–Crippen MR) is 82.2 cm³/mol. The van der Waals surface area contributed by atoms with E-state index >= 15 is 0 Å². The minimum Gasteiger partial charge on any atom is -0.324 e. The SMILES string of the molecule is N#CC(C(=O)Cc1ccsc1)C(=O)Nc1ccc(F)c(Cl)c1. The number of amides is 1. The van der Waals surface area contributed by atoms with Crippen LogP contribution in [-0.4, -0.2) is 11.7 Å². The first-order valence-corrected chi connectivity index (χ1v) is 7.52. The summed E-state index contributed by atoms with van der Waals surface area (Å²) in [5.74, 6) is -3.30. The van der Waals surface area contributed by atoms with Gasteiger partial charge in [0.15, 0.2) is 11.7 Å². The molecule has 1 atom stereocenters. The maximum Gasteiger partial charge on any atom is 0.249 e. The standard InChI is InChI=1S/C15H10ClFN2O2S/c16-12-6-10(1-2-13(12)17)19-15(21)11(7-18)14(20)5-9-3-4-22-8-9/h1-4,6,8,11H,5H2,(H,19,21). The van der Waals surface area contributed by atoms with Gasteiger partial charge in [0, 0.05) is 12.1 Å². The number of anilines is 1. The quantitative estimate of drug-likeness (QED) is 0.850. The second kappa shape index (κ2) is 7.16. The smallest absolute Gasteiger partial charge is 0.249 e. The van der Waals surface area contributed by atoms with Crippen LogP contribution in [-0.2, 0) is 16.0 Å². The zero-order chi connectivity index (χ0) is 16.1. The van der Waals surface area contributed by atoms with Gasteiger partial charge in [0.2, 0.25) is 5.91 Å². The van der Waals surface area contributed by atoms with Crippen LogP contribution < -0.4 is 5.32 Å². The second-order valence-corrected chi connectivity index (χ2v) is 5.64. The van der Waals surface area contributed by atoms with Crippen LogP contribution in [0.5, 0.6) is 0 Å². The molecule has 7 heteroatoms. The van der Waals surface area contributed by atoms with E-state index in [2.05, 4.69) is 5.32 Å². The Hall–Kier alpha value is -2.23. The van der Waals surface area contributed by atoms with Gasteiger partial charge in [-0.2, -0.15) is 16.6 Å². The molecule has 1 heterocycles. The molecular formula is C15H10ClFN2O2S. The molecule has 0 radical (unpaired) electrons. The number of rotatable bonds is 5. The van der Waals surface area contributed by atoms with E-state index in [0.717, 1.165) is 11.6 Å². The van der Waals surface area contributed by atoms with Gasteiger partial charge < -0.3 is 5.32 Å². The van der Waals surface area contributed by atoms with E-state index in [1.807, 2.05) is 5.38 Å². The lowest BCUT2D eigenvalue weighted by Crippen LogP contribution is -2.29. The summed E-state index contributed by atoms with van der Waals surface area (Å²) < 4.78 is 13.1. The Morgan fingerprint density at radius 3 is 2.77 bits per heavy atom. The Balaban J connectivity index is 2.06. The third kappa shape index (κ3) is 3.91. The fourth-order valence-electron chi connectivity index (χ4n) is 1.76. The number of halogens is 2. The Morgan fingerprint density at radius 2 is 2.18 bits per heavy atom. The van der Waals surface area contributed by atoms with Crippen molar-refractivity contribution in [3.05, 3.63) is 51.4 Å². The van der Waals surface area contributed by atoms with Crippen molar-refractivity contribution < 1.29 is 14.0 Å². The van der Waals surface area contributed by atoms with Gasteiger partial charge in [-0.25, -0.2) is 4.39 Å². The zero-order valence-corrected chi connectivity index (χ0v) is 12.7. The third-order valence-corrected chi connectivity index (χ3v) is 3.88. The summed E-state index contributed by atoms with van der Waals surface area (Å²) in [7, 11) is 0. The molecule has 0 saturated heterocycles. The van der Waals surface area contributed by atoms with Crippen LogP contribution in [0.25, 0.3) is 0 Å². The number of nitriles is 1. The fraction of sp³-hybridized carbons (Fsp3) is 0.133. The van der Waals surface area contributed by atoms with Crippen LogP contribution in [0, 0.1) is 23.1 Å². The van der Waals surface area contributed by atoms with Gasteiger partial charge in [0.25, 0.3) is 0 Å². The van der Waals surface area contributed by atoms with E-state index in [4.69, 9.17) is 16.9 Å². The van der Waals surface area contributed by atoms with E-state index in [1.165, 1.54) is 23.5 Å². The fourth-order valence-corrected chi connectivity index (χ4v) is 2.61. The second-order valence-electron chi connectivity index (χ2n) is 4.45. The van der Waals surface area contributed by atoms with Crippen molar-refractivity contribution >= 4 is 40.3 Å². The molecule has 0 aliphatic carbocycles. The molecule has 0 saturated carbocycles. The number of benzene rings is 1. The zero-order valence-electron chi connectivity index (χ0n) is 11.2. The number of hydrogen-bond acceptors (Lipinski definition) is 4. The summed E-state index contributed by atoms with van der Waals surface area (Å²) in [6.45, 7) is 0. The highest BCUT2D eigenvalue weighted by Gasteiger charge is 2.26. The molecule has 0 aliphatic rings. The summed E-state index contributed by atoms with van der Waals surface area (Å²) in [6, 6.07) is 7.06. The van der Waals surface area contributed by atoms with Gasteiger partial charge in [-0.15, -0.1) is 0 Å². The van der Waals surface area contributed by atoms with Crippen molar-refractivity contribution in [3.8, 4) is 6.07 Å². The lowest BCUT2D eigenvalue weighted by molar-refractivity contribution is -0.128. The summed E-state index contributed by atoms with van der Waals surface area (Å²) in [5.41, 5.74) is 0.979. The maximum absolute atomic E-state index is 13.1. The molecule has 112 valence electrons. The average molecular weight is 337 g/mol. The molecule has 1 unspecified atom stereocenters. The molecule has 0 bridgehead atoms. The third-order valence-electron chi connectivity index (χ3n) is 2.86. The molecule has 2 aromatic rings. The van der Waals surface area contributed by atoms with Crippen molar-refractivity contribution in [1.29, 1.82) is 5.26 Å². The number of nitrogens with zero attached hydrogens (tertiary/aromatic N) is 1. The minimum absolute atomic E-state index is 0.0132. The van der Waals surface area contributed by atoms with Gasteiger partial charge in [-0.05, 0) is 40.6 Å². The van der Waals surface area contributed by atoms with Crippen molar-refractivity contribution in [2.45, 2.75) is 6.42 Å². The van der Waals surface area contributed by atoms with E-state index in [1.54, 1.807) is 17.5 Å². The lowest BCUT2D eigenvalue weighted by Gasteiger charge is -2.09. The molecule has 1 aromatic carbocycles. The first-order chi connectivity index (χ1) is 10.5. The highest BCUT2D eigenvalue weighted by Crippen LogP contribution is 2.20. The summed E-state index contributed by atoms with van der Waals surface area (Å²) in [5, 5.41) is 14.9. The van der Waals surface area contributed by atoms with E-state index < -0.39 is 23.4 Å². The number of thiophene rings is 1. The molecule has 0 spiro atoms. The number of ketones is 1. The van der Waals surface area contributed by atoms with E-state index in [0.29, 0.717) is 0 Å². The molecule has 4 nitrogen and oxygen atoms in total. The first-order valence-electron chi connectivity index (χ1n) is 6.20. The number of Topliss-reactive ketones (excluding diaryl/α,β-unsaturated/α-hetero) is 1. The maximum atomic E-state index is 13.1. The highest BCUT2D eigenvalue weighted by molar-refractivity contribution is 7.08.